The first-order valence-electron chi connectivity index (χ1n) is 7.23. The van der Waals surface area contributed by atoms with Gasteiger partial charge in [-0.15, -0.1) is 0 Å². The molecule has 1 rings (SSSR count). The van der Waals surface area contributed by atoms with Crippen LogP contribution in [-0.4, -0.2) is 61.5 Å². The van der Waals surface area contributed by atoms with Gasteiger partial charge in [-0.25, -0.2) is 0 Å². The summed E-state index contributed by atoms with van der Waals surface area (Å²) in [4.78, 5) is 15.9. The smallest absolute Gasteiger partial charge is 0.223 e. The molecule has 0 aromatic rings. The molecule has 1 aliphatic rings. The van der Waals surface area contributed by atoms with E-state index in [0.717, 1.165) is 19.6 Å². The van der Waals surface area contributed by atoms with Crippen LogP contribution >= 0.6 is 0 Å². The number of hydrogen-bond donors (Lipinski definition) is 1. The number of carbonyl (C=O) groups is 1. The molecular formula is C14H29N3O. The van der Waals surface area contributed by atoms with E-state index in [9.17, 15) is 4.79 Å². The number of nitrogens with zero attached hydrogens (tertiary/aromatic N) is 2. The predicted octanol–water partition coefficient (Wildman–Crippen LogP) is 1.32. The minimum Gasteiger partial charge on any atom is -0.349 e. The van der Waals surface area contributed by atoms with Gasteiger partial charge in [-0.2, -0.15) is 0 Å². The second-order valence-electron chi connectivity index (χ2n) is 5.48. The zero-order valence-corrected chi connectivity index (χ0v) is 12.4. The molecule has 1 saturated heterocycles. The maximum atomic E-state index is 11.7. The van der Waals surface area contributed by atoms with Crippen molar-refractivity contribution in [3.05, 3.63) is 0 Å². The normalized spacial score (nSPS) is 22.8. The van der Waals surface area contributed by atoms with E-state index in [-0.39, 0.29) is 5.91 Å². The van der Waals surface area contributed by atoms with Gasteiger partial charge in [0.1, 0.15) is 0 Å². The molecule has 0 aromatic heterocycles. The maximum absolute atomic E-state index is 11.7. The molecule has 0 aliphatic carbocycles. The summed E-state index contributed by atoms with van der Waals surface area (Å²) in [7, 11) is 3.66. The number of likely N-dealkylation sites (tertiary alicyclic amines) is 1. The van der Waals surface area contributed by atoms with Gasteiger partial charge >= 0.3 is 0 Å². The summed E-state index contributed by atoms with van der Waals surface area (Å²) in [5, 5.41) is 3.52. The lowest BCUT2D eigenvalue weighted by molar-refractivity contribution is -0.129. The lowest BCUT2D eigenvalue weighted by atomic mass is 9.96. The Morgan fingerprint density at radius 2 is 2.17 bits per heavy atom. The third-order valence-electron chi connectivity index (χ3n) is 3.88. The van der Waals surface area contributed by atoms with Crippen LogP contribution in [0.15, 0.2) is 0 Å². The van der Waals surface area contributed by atoms with Crippen molar-refractivity contribution in [3.63, 3.8) is 0 Å². The Morgan fingerprint density at radius 3 is 2.78 bits per heavy atom. The summed E-state index contributed by atoms with van der Waals surface area (Å²) in [6.07, 6.45) is 4.48. The average Bonchev–Trinajstić information content (AvgIpc) is 2.36. The van der Waals surface area contributed by atoms with Crippen LogP contribution in [0.3, 0.4) is 0 Å². The zero-order valence-electron chi connectivity index (χ0n) is 12.4. The number of hydrogen-bond acceptors (Lipinski definition) is 3. The topological polar surface area (TPSA) is 35.6 Å². The van der Waals surface area contributed by atoms with E-state index in [0.29, 0.717) is 18.5 Å². The Kier molecular flexibility index (Phi) is 6.65. The van der Waals surface area contributed by atoms with Crippen LogP contribution < -0.4 is 5.32 Å². The molecule has 0 aromatic carbocycles. The van der Waals surface area contributed by atoms with Crippen molar-refractivity contribution in [2.45, 2.75) is 51.6 Å². The Bertz CT molecular complexity index is 255. The fourth-order valence-electron chi connectivity index (χ4n) is 2.78. The van der Waals surface area contributed by atoms with Crippen LogP contribution in [0.5, 0.6) is 0 Å². The van der Waals surface area contributed by atoms with Crippen molar-refractivity contribution in [3.8, 4) is 0 Å². The molecule has 18 heavy (non-hydrogen) atoms. The van der Waals surface area contributed by atoms with Gasteiger partial charge in [0.2, 0.25) is 5.91 Å². The Hall–Kier alpha value is -0.610. The molecule has 2 atom stereocenters. The van der Waals surface area contributed by atoms with Gasteiger partial charge in [0, 0.05) is 39.1 Å². The SMILES string of the molecule is CCNC(C)C1CCCCN1CCC(=O)N(C)C. The third kappa shape index (κ3) is 4.58. The van der Waals surface area contributed by atoms with Crippen molar-refractivity contribution in [1.82, 2.24) is 15.1 Å². The molecule has 0 spiro atoms. The Balaban J connectivity index is 2.46. The number of likely N-dealkylation sites (N-methyl/N-ethyl adjacent to an activating group) is 1. The van der Waals surface area contributed by atoms with Crippen molar-refractivity contribution in [2.24, 2.45) is 0 Å². The van der Waals surface area contributed by atoms with E-state index >= 15 is 0 Å². The molecule has 0 radical (unpaired) electrons. The number of nitrogens with one attached hydrogen (secondary N) is 1. The molecule has 0 bridgehead atoms. The van der Waals surface area contributed by atoms with Crippen LogP contribution in [0.1, 0.15) is 39.5 Å². The molecule has 0 saturated carbocycles. The summed E-state index contributed by atoms with van der Waals surface area (Å²) in [5.74, 6) is 0.232. The molecule has 1 amide bonds. The molecule has 1 fully saturated rings. The predicted molar refractivity (Wildman–Crippen MR) is 75.7 cm³/mol. The average molecular weight is 255 g/mol. The Morgan fingerprint density at radius 1 is 1.44 bits per heavy atom. The summed E-state index contributed by atoms with van der Waals surface area (Å²) in [6.45, 7) is 7.47. The third-order valence-corrected chi connectivity index (χ3v) is 3.88. The highest BCUT2D eigenvalue weighted by atomic mass is 16.2. The number of rotatable bonds is 6. The molecule has 106 valence electrons. The standard InChI is InChI=1S/C14H29N3O/c1-5-15-12(2)13-8-6-7-10-17(13)11-9-14(18)16(3)4/h12-13,15H,5-11H2,1-4H3. The highest BCUT2D eigenvalue weighted by Crippen LogP contribution is 2.20. The summed E-state index contributed by atoms with van der Waals surface area (Å²) < 4.78 is 0. The molecule has 1 aliphatic heterocycles. The van der Waals surface area contributed by atoms with Gasteiger partial charge in [-0.3, -0.25) is 9.69 Å². The van der Waals surface area contributed by atoms with Crippen LogP contribution in [0.25, 0.3) is 0 Å². The maximum Gasteiger partial charge on any atom is 0.223 e. The second kappa shape index (κ2) is 7.74. The fraction of sp³-hybridized carbons (Fsp3) is 0.929. The van der Waals surface area contributed by atoms with Crippen molar-refractivity contribution >= 4 is 5.91 Å². The van der Waals surface area contributed by atoms with E-state index in [4.69, 9.17) is 0 Å². The fourth-order valence-corrected chi connectivity index (χ4v) is 2.78. The minimum atomic E-state index is 0.232. The highest BCUT2D eigenvalue weighted by Gasteiger charge is 2.26. The molecular weight excluding hydrogens is 226 g/mol. The van der Waals surface area contributed by atoms with Crippen LogP contribution in [0.4, 0.5) is 0 Å². The van der Waals surface area contributed by atoms with Crippen molar-refractivity contribution in [2.75, 3.05) is 33.7 Å². The molecule has 2 unspecified atom stereocenters. The monoisotopic (exact) mass is 255 g/mol. The van der Waals surface area contributed by atoms with E-state index in [1.165, 1.54) is 19.3 Å². The highest BCUT2D eigenvalue weighted by molar-refractivity contribution is 5.75. The van der Waals surface area contributed by atoms with Gasteiger partial charge in [-0.05, 0) is 32.9 Å². The molecule has 4 nitrogen and oxygen atoms in total. The van der Waals surface area contributed by atoms with Gasteiger partial charge in [0.15, 0.2) is 0 Å². The van der Waals surface area contributed by atoms with E-state index in [2.05, 4.69) is 24.1 Å². The summed E-state index contributed by atoms with van der Waals surface area (Å²) in [5.41, 5.74) is 0. The number of carbonyl (C=O) groups excluding carboxylic acids is 1. The van der Waals surface area contributed by atoms with Gasteiger partial charge in [-0.1, -0.05) is 13.3 Å². The lowest BCUT2D eigenvalue weighted by Gasteiger charge is -2.39. The van der Waals surface area contributed by atoms with E-state index < -0.39 is 0 Å². The lowest BCUT2D eigenvalue weighted by Crippen LogP contribution is -2.51. The van der Waals surface area contributed by atoms with Gasteiger partial charge < -0.3 is 10.2 Å². The van der Waals surface area contributed by atoms with E-state index in [1.54, 1.807) is 4.90 Å². The van der Waals surface area contributed by atoms with Crippen molar-refractivity contribution in [1.29, 1.82) is 0 Å². The zero-order chi connectivity index (χ0) is 13.5. The first kappa shape index (κ1) is 15.4. The van der Waals surface area contributed by atoms with Gasteiger partial charge in [0.05, 0.1) is 0 Å². The number of amides is 1. The van der Waals surface area contributed by atoms with E-state index in [1.807, 2.05) is 14.1 Å². The summed E-state index contributed by atoms with van der Waals surface area (Å²) in [6, 6.07) is 1.11. The molecule has 4 heteroatoms. The first-order valence-corrected chi connectivity index (χ1v) is 7.23. The van der Waals surface area contributed by atoms with Crippen molar-refractivity contribution < 1.29 is 4.79 Å². The molecule has 1 N–H and O–H groups in total. The minimum absolute atomic E-state index is 0.232. The quantitative estimate of drug-likeness (QED) is 0.777. The number of piperidine rings is 1. The Labute approximate surface area is 112 Å². The van der Waals surface area contributed by atoms with Gasteiger partial charge in [0.25, 0.3) is 0 Å². The van der Waals surface area contributed by atoms with Crippen LogP contribution in [0.2, 0.25) is 0 Å². The first-order chi connectivity index (χ1) is 8.56. The largest absolute Gasteiger partial charge is 0.349 e. The summed E-state index contributed by atoms with van der Waals surface area (Å²) >= 11 is 0. The van der Waals surface area contributed by atoms with Crippen LogP contribution in [0, 0.1) is 0 Å². The van der Waals surface area contributed by atoms with Crippen LogP contribution in [-0.2, 0) is 4.79 Å². The molecule has 1 heterocycles. The second-order valence-corrected chi connectivity index (χ2v) is 5.48.